The second-order valence-corrected chi connectivity index (χ2v) is 6.40. The summed E-state index contributed by atoms with van der Waals surface area (Å²) in [6.45, 7) is 5.33. The highest BCUT2D eigenvalue weighted by molar-refractivity contribution is 5.92. The molecular weight excluding hydrogens is 336 g/mol. The quantitative estimate of drug-likeness (QED) is 0.841. The highest BCUT2D eigenvalue weighted by Crippen LogP contribution is 2.22. The summed E-state index contributed by atoms with van der Waals surface area (Å²) >= 11 is 0. The number of urea groups is 1. The van der Waals surface area contributed by atoms with Gasteiger partial charge in [-0.05, 0) is 32.3 Å². The van der Waals surface area contributed by atoms with Gasteiger partial charge in [0, 0.05) is 32.4 Å². The van der Waals surface area contributed by atoms with Crippen LogP contribution >= 0.6 is 0 Å². The van der Waals surface area contributed by atoms with Crippen molar-refractivity contribution >= 4 is 17.8 Å². The molecule has 26 heavy (non-hydrogen) atoms. The van der Waals surface area contributed by atoms with Gasteiger partial charge in [-0.1, -0.05) is 0 Å². The van der Waals surface area contributed by atoms with E-state index in [2.05, 4.69) is 15.5 Å². The molecule has 0 atom stereocenters. The van der Waals surface area contributed by atoms with Gasteiger partial charge < -0.3 is 9.64 Å². The van der Waals surface area contributed by atoms with Crippen LogP contribution in [0.25, 0.3) is 0 Å². The van der Waals surface area contributed by atoms with Crippen LogP contribution in [0.5, 0.6) is 0 Å². The Morgan fingerprint density at radius 1 is 1.35 bits per heavy atom. The van der Waals surface area contributed by atoms with Crippen molar-refractivity contribution in [2.24, 2.45) is 7.05 Å². The standard InChI is InChI=1S/C17H24N6O3/c1-4-26-16(24)14-9-15(21(3)20-14)19-17(25)22-7-5-13(6-8-22)23-11-12(2)10-18-23/h9-11,13H,4-8H2,1-3H3,(H,19,25). The zero-order valence-corrected chi connectivity index (χ0v) is 15.3. The van der Waals surface area contributed by atoms with E-state index >= 15 is 0 Å². The number of carbonyl (C=O) groups excluding carboxylic acids is 2. The molecule has 0 unspecified atom stereocenters. The molecule has 2 amide bonds. The molecule has 0 radical (unpaired) electrons. The fourth-order valence-corrected chi connectivity index (χ4v) is 3.04. The van der Waals surface area contributed by atoms with Gasteiger partial charge >= 0.3 is 12.0 Å². The summed E-state index contributed by atoms with van der Waals surface area (Å²) in [7, 11) is 1.67. The Kier molecular flexibility index (Phi) is 5.24. The predicted molar refractivity (Wildman–Crippen MR) is 95.0 cm³/mol. The van der Waals surface area contributed by atoms with Gasteiger partial charge in [0.2, 0.25) is 0 Å². The molecule has 140 valence electrons. The number of ether oxygens (including phenoxy) is 1. The maximum Gasteiger partial charge on any atom is 0.358 e. The summed E-state index contributed by atoms with van der Waals surface area (Å²) < 4.78 is 8.37. The second kappa shape index (κ2) is 7.59. The van der Waals surface area contributed by atoms with E-state index in [0.717, 1.165) is 18.4 Å². The summed E-state index contributed by atoms with van der Waals surface area (Å²) in [6, 6.07) is 1.65. The van der Waals surface area contributed by atoms with Crippen molar-refractivity contribution in [2.45, 2.75) is 32.7 Å². The number of esters is 1. The van der Waals surface area contributed by atoms with Gasteiger partial charge in [0.25, 0.3) is 0 Å². The number of aromatic nitrogens is 4. The first-order valence-corrected chi connectivity index (χ1v) is 8.75. The first-order valence-electron chi connectivity index (χ1n) is 8.75. The highest BCUT2D eigenvalue weighted by Gasteiger charge is 2.25. The lowest BCUT2D eigenvalue weighted by atomic mass is 10.1. The van der Waals surface area contributed by atoms with Crippen molar-refractivity contribution < 1.29 is 14.3 Å². The smallest absolute Gasteiger partial charge is 0.358 e. The van der Waals surface area contributed by atoms with Crippen LogP contribution in [0.3, 0.4) is 0 Å². The molecule has 3 rings (SSSR count). The monoisotopic (exact) mass is 360 g/mol. The van der Waals surface area contributed by atoms with Crippen LogP contribution in [0.1, 0.15) is 41.9 Å². The molecule has 0 spiro atoms. The Labute approximate surface area is 151 Å². The molecule has 9 heteroatoms. The predicted octanol–water partition coefficient (Wildman–Crippen LogP) is 1.97. The van der Waals surface area contributed by atoms with Gasteiger partial charge in [-0.25, -0.2) is 9.59 Å². The Bertz CT molecular complexity index is 788. The van der Waals surface area contributed by atoms with E-state index in [0.29, 0.717) is 24.9 Å². The van der Waals surface area contributed by atoms with Gasteiger partial charge in [0.05, 0.1) is 18.8 Å². The molecule has 2 aromatic heterocycles. The Hall–Kier alpha value is -2.84. The van der Waals surface area contributed by atoms with Crippen molar-refractivity contribution in [1.82, 2.24) is 24.5 Å². The number of nitrogens with zero attached hydrogens (tertiary/aromatic N) is 5. The average Bonchev–Trinajstić information content (AvgIpc) is 3.22. The maximum absolute atomic E-state index is 12.5. The van der Waals surface area contributed by atoms with Gasteiger partial charge in [-0.3, -0.25) is 14.7 Å². The normalized spacial score (nSPS) is 15.1. The summed E-state index contributed by atoms with van der Waals surface area (Å²) in [4.78, 5) is 26.0. The SMILES string of the molecule is CCOC(=O)c1cc(NC(=O)N2CCC(n3cc(C)cn3)CC2)n(C)n1. The van der Waals surface area contributed by atoms with Crippen LogP contribution in [-0.4, -0.2) is 56.2 Å². The molecule has 0 bridgehead atoms. The van der Waals surface area contributed by atoms with E-state index in [4.69, 9.17) is 4.74 Å². The first kappa shape index (κ1) is 18.0. The van der Waals surface area contributed by atoms with Crippen molar-refractivity contribution in [1.29, 1.82) is 0 Å². The molecular formula is C17H24N6O3. The van der Waals surface area contributed by atoms with Crippen molar-refractivity contribution in [2.75, 3.05) is 25.0 Å². The third-order valence-electron chi connectivity index (χ3n) is 4.46. The minimum atomic E-state index is -0.501. The van der Waals surface area contributed by atoms with Crippen molar-refractivity contribution in [3.63, 3.8) is 0 Å². The molecule has 2 aromatic rings. The molecule has 1 saturated heterocycles. The molecule has 0 saturated carbocycles. The highest BCUT2D eigenvalue weighted by atomic mass is 16.5. The second-order valence-electron chi connectivity index (χ2n) is 6.40. The lowest BCUT2D eigenvalue weighted by molar-refractivity contribution is 0.0518. The maximum atomic E-state index is 12.5. The van der Waals surface area contributed by atoms with Crippen LogP contribution in [0.4, 0.5) is 10.6 Å². The summed E-state index contributed by atoms with van der Waals surface area (Å²) in [5.41, 5.74) is 1.32. The molecule has 1 N–H and O–H groups in total. The van der Waals surface area contributed by atoms with Gasteiger partial charge in [0.15, 0.2) is 5.69 Å². The van der Waals surface area contributed by atoms with E-state index < -0.39 is 5.97 Å². The van der Waals surface area contributed by atoms with E-state index in [1.807, 2.05) is 24.0 Å². The first-order chi connectivity index (χ1) is 12.5. The van der Waals surface area contributed by atoms with Gasteiger partial charge in [-0.2, -0.15) is 10.2 Å². The zero-order chi connectivity index (χ0) is 18.7. The fourth-order valence-electron chi connectivity index (χ4n) is 3.04. The minimum absolute atomic E-state index is 0.178. The molecule has 3 heterocycles. The number of hydrogen-bond acceptors (Lipinski definition) is 5. The molecule has 0 aromatic carbocycles. The number of aryl methyl sites for hydroxylation is 2. The Morgan fingerprint density at radius 3 is 2.69 bits per heavy atom. The van der Waals surface area contributed by atoms with Crippen LogP contribution in [0.15, 0.2) is 18.5 Å². The number of carbonyl (C=O) groups is 2. The third-order valence-corrected chi connectivity index (χ3v) is 4.46. The number of piperidine rings is 1. The van der Waals surface area contributed by atoms with Gasteiger partial charge in [-0.15, -0.1) is 0 Å². The Morgan fingerprint density at radius 2 is 2.08 bits per heavy atom. The average molecular weight is 360 g/mol. The number of amides is 2. The van der Waals surface area contributed by atoms with Crippen LogP contribution < -0.4 is 5.32 Å². The summed E-state index contributed by atoms with van der Waals surface area (Å²) in [6.07, 6.45) is 5.59. The number of likely N-dealkylation sites (tertiary alicyclic amines) is 1. The molecule has 1 aliphatic heterocycles. The third kappa shape index (κ3) is 3.87. The lowest BCUT2D eigenvalue weighted by Crippen LogP contribution is -2.41. The van der Waals surface area contributed by atoms with Crippen LogP contribution in [0.2, 0.25) is 0 Å². The fraction of sp³-hybridized carbons (Fsp3) is 0.529. The van der Waals surface area contributed by atoms with Crippen molar-refractivity contribution in [3.8, 4) is 0 Å². The summed E-state index contributed by atoms with van der Waals surface area (Å²) in [5.74, 6) is -0.0400. The lowest BCUT2D eigenvalue weighted by Gasteiger charge is -2.32. The molecule has 1 aliphatic rings. The topological polar surface area (TPSA) is 94.3 Å². The van der Waals surface area contributed by atoms with Crippen LogP contribution in [-0.2, 0) is 11.8 Å². The summed E-state index contributed by atoms with van der Waals surface area (Å²) in [5, 5.41) is 11.3. The largest absolute Gasteiger partial charge is 0.461 e. The van der Waals surface area contributed by atoms with Crippen molar-refractivity contribution in [3.05, 3.63) is 29.7 Å². The van der Waals surface area contributed by atoms with Gasteiger partial charge in [0.1, 0.15) is 5.82 Å². The van der Waals surface area contributed by atoms with E-state index in [1.165, 1.54) is 10.7 Å². The van der Waals surface area contributed by atoms with E-state index in [1.54, 1.807) is 18.9 Å². The number of rotatable bonds is 4. The Balaban J connectivity index is 1.57. The number of anilines is 1. The van der Waals surface area contributed by atoms with E-state index in [-0.39, 0.29) is 18.3 Å². The molecule has 0 aliphatic carbocycles. The minimum Gasteiger partial charge on any atom is -0.461 e. The van der Waals surface area contributed by atoms with E-state index in [9.17, 15) is 9.59 Å². The number of hydrogen-bond donors (Lipinski definition) is 1. The van der Waals surface area contributed by atoms with Crippen LogP contribution in [0, 0.1) is 6.92 Å². The molecule has 1 fully saturated rings. The zero-order valence-electron chi connectivity index (χ0n) is 15.3. The number of nitrogens with one attached hydrogen (secondary N) is 1. The molecule has 9 nitrogen and oxygen atoms in total.